The summed E-state index contributed by atoms with van der Waals surface area (Å²) in [5.41, 5.74) is 7.96. The third-order valence-corrected chi connectivity index (χ3v) is 3.33. The van der Waals surface area contributed by atoms with Crippen molar-refractivity contribution in [2.45, 2.75) is 32.1 Å². The fourth-order valence-electron chi connectivity index (χ4n) is 1.44. The number of aryl methyl sites for hydroxylation is 1. The molecule has 19 heavy (non-hydrogen) atoms. The number of nitrogens with one attached hydrogen (secondary N) is 1. The highest BCUT2D eigenvalue weighted by atomic mass is 35.5. The number of thioether (sulfide) groups is 1. The summed E-state index contributed by atoms with van der Waals surface area (Å²) < 4.78 is 0. The molecule has 1 aromatic rings. The second-order valence-corrected chi connectivity index (χ2v) is 6.23. The molecule has 0 saturated heterocycles. The van der Waals surface area contributed by atoms with Crippen LogP contribution in [-0.2, 0) is 10.5 Å². The number of nitrogens with two attached hydrogens (primary N) is 1. The SMILES string of the molecule is Cc1cccc(CSCC(=O)NCC(C)(C)N)c1.Cl. The average Bonchev–Trinajstić information content (AvgIpc) is 2.25. The first-order valence-electron chi connectivity index (χ1n) is 6.06. The molecule has 3 nitrogen and oxygen atoms in total. The largest absolute Gasteiger partial charge is 0.354 e. The summed E-state index contributed by atoms with van der Waals surface area (Å²) in [6.07, 6.45) is 0. The summed E-state index contributed by atoms with van der Waals surface area (Å²) in [4.78, 5) is 11.6. The Kier molecular flexibility index (Phi) is 8.14. The van der Waals surface area contributed by atoms with Gasteiger partial charge in [0, 0.05) is 17.8 Å². The molecule has 0 aromatic heterocycles. The van der Waals surface area contributed by atoms with Crippen molar-refractivity contribution >= 4 is 30.1 Å². The lowest BCUT2D eigenvalue weighted by atomic mass is 10.1. The number of carbonyl (C=O) groups excluding carboxylic acids is 1. The van der Waals surface area contributed by atoms with E-state index in [1.807, 2.05) is 19.9 Å². The normalized spacial score (nSPS) is 10.7. The van der Waals surface area contributed by atoms with Crippen LogP contribution in [0.2, 0.25) is 0 Å². The van der Waals surface area contributed by atoms with Crippen molar-refractivity contribution in [3.8, 4) is 0 Å². The van der Waals surface area contributed by atoms with Gasteiger partial charge in [0.1, 0.15) is 0 Å². The maximum atomic E-state index is 11.6. The molecule has 0 radical (unpaired) electrons. The number of hydrogen-bond donors (Lipinski definition) is 2. The predicted molar refractivity (Wildman–Crippen MR) is 85.9 cm³/mol. The molecule has 3 N–H and O–H groups in total. The van der Waals surface area contributed by atoms with Crippen LogP contribution < -0.4 is 11.1 Å². The summed E-state index contributed by atoms with van der Waals surface area (Å²) in [7, 11) is 0. The molecule has 0 fully saturated rings. The van der Waals surface area contributed by atoms with E-state index in [4.69, 9.17) is 5.73 Å². The van der Waals surface area contributed by atoms with Gasteiger partial charge in [-0.15, -0.1) is 24.2 Å². The molecular formula is C14H23ClN2OS. The van der Waals surface area contributed by atoms with Crippen LogP contribution in [0.4, 0.5) is 0 Å². The van der Waals surface area contributed by atoms with Gasteiger partial charge in [-0.25, -0.2) is 0 Å². The van der Waals surface area contributed by atoms with Crippen molar-refractivity contribution in [1.29, 1.82) is 0 Å². The maximum Gasteiger partial charge on any atom is 0.230 e. The first kappa shape index (κ1) is 18.3. The number of halogens is 1. The third-order valence-electron chi connectivity index (χ3n) is 2.33. The number of rotatable bonds is 6. The quantitative estimate of drug-likeness (QED) is 0.849. The minimum Gasteiger partial charge on any atom is -0.354 e. The van der Waals surface area contributed by atoms with Gasteiger partial charge in [-0.1, -0.05) is 29.8 Å². The zero-order chi connectivity index (χ0) is 13.6. The Morgan fingerprint density at radius 1 is 1.42 bits per heavy atom. The van der Waals surface area contributed by atoms with E-state index in [1.165, 1.54) is 11.1 Å². The number of carbonyl (C=O) groups is 1. The van der Waals surface area contributed by atoms with Crippen LogP contribution in [0.25, 0.3) is 0 Å². The summed E-state index contributed by atoms with van der Waals surface area (Å²) in [5.74, 6) is 1.39. The van der Waals surface area contributed by atoms with Gasteiger partial charge in [0.25, 0.3) is 0 Å². The van der Waals surface area contributed by atoms with E-state index in [9.17, 15) is 4.79 Å². The highest BCUT2D eigenvalue weighted by molar-refractivity contribution is 7.99. The van der Waals surface area contributed by atoms with Crippen LogP contribution in [0.3, 0.4) is 0 Å². The van der Waals surface area contributed by atoms with E-state index >= 15 is 0 Å². The van der Waals surface area contributed by atoms with E-state index in [0.717, 1.165) is 5.75 Å². The van der Waals surface area contributed by atoms with Crippen molar-refractivity contribution in [3.63, 3.8) is 0 Å². The van der Waals surface area contributed by atoms with Gasteiger partial charge in [0.05, 0.1) is 5.75 Å². The fourth-order valence-corrected chi connectivity index (χ4v) is 2.25. The highest BCUT2D eigenvalue weighted by Gasteiger charge is 2.11. The second kappa shape index (κ2) is 8.46. The van der Waals surface area contributed by atoms with Crippen LogP contribution in [0, 0.1) is 6.92 Å². The van der Waals surface area contributed by atoms with Crippen molar-refractivity contribution in [2.75, 3.05) is 12.3 Å². The Morgan fingerprint density at radius 2 is 2.11 bits per heavy atom. The Hall–Kier alpha value is -0.710. The maximum absolute atomic E-state index is 11.6. The summed E-state index contributed by atoms with van der Waals surface area (Å²) in [5, 5.41) is 2.84. The van der Waals surface area contributed by atoms with E-state index in [1.54, 1.807) is 11.8 Å². The molecule has 0 bridgehead atoms. The minimum atomic E-state index is -0.350. The van der Waals surface area contributed by atoms with Crippen LogP contribution in [0.1, 0.15) is 25.0 Å². The van der Waals surface area contributed by atoms with Gasteiger partial charge < -0.3 is 11.1 Å². The molecule has 0 unspecified atom stereocenters. The van der Waals surface area contributed by atoms with Crippen LogP contribution in [0.15, 0.2) is 24.3 Å². The lowest BCUT2D eigenvalue weighted by Gasteiger charge is -2.18. The first-order valence-corrected chi connectivity index (χ1v) is 7.21. The third kappa shape index (κ3) is 8.92. The highest BCUT2D eigenvalue weighted by Crippen LogP contribution is 2.13. The Balaban J connectivity index is 0.00000324. The van der Waals surface area contributed by atoms with Gasteiger partial charge in [0.2, 0.25) is 5.91 Å². The molecule has 108 valence electrons. The van der Waals surface area contributed by atoms with Crippen LogP contribution >= 0.6 is 24.2 Å². The molecule has 5 heteroatoms. The van der Waals surface area contributed by atoms with Crippen molar-refractivity contribution in [2.24, 2.45) is 5.73 Å². The molecule has 0 heterocycles. The van der Waals surface area contributed by atoms with E-state index in [-0.39, 0.29) is 23.9 Å². The van der Waals surface area contributed by atoms with Gasteiger partial charge in [-0.05, 0) is 26.3 Å². The van der Waals surface area contributed by atoms with E-state index in [0.29, 0.717) is 12.3 Å². The van der Waals surface area contributed by atoms with Crippen molar-refractivity contribution < 1.29 is 4.79 Å². The van der Waals surface area contributed by atoms with E-state index < -0.39 is 0 Å². The Bertz CT molecular complexity index is 405. The molecule has 0 aliphatic heterocycles. The molecule has 0 atom stereocenters. The molecular weight excluding hydrogens is 280 g/mol. The van der Waals surface area contributed by atoms with E-state index in [2.05, 4.69) is 30.4 Å². The molecule has 0 aliphatic rings. The number of hydrogen-bond acceptors (Lipinski definition) is 3. The first-order chi connectivity index (χ1) is 8.37. The fraction of sp³-hybridized carbons (Fsp3) is 0.500. The van der Waals surface area contributed by atoms with Crippen molar-refractivity contribution in [3.05, 3.63) is 35.4 Å². The predicted octanol–water partition coefficient (Wildman–Crippen LogP) is 2.50. The lowest BCUT2D eigenvalue weighted by molar-refractivity contribution is -0.118. The van der Waals surface area contributed by atoms with Crippen LogP contribution in [0.5, 0.6) is 0 Å². The average molecular weight is 303 g/mol. The molecule has 0 saturated carbocycles. The molecule has 1 aromatic carbocycles. The zero-order valence-electron chi connectivity index (χ0n) is 11.7. The summed E-state index contributed by atoms with van der Waals surface area (Å²) in [6.45, 7) is 6.38. The van der Waals surface area contributed by atoms with Gasteiger partial charge in [-0.3, -0.25) is 4.79 Å². The zero-order valence-corrected chi connectivity index (χ0v) is 13.4. The molecule has 0 aliphatic carbocycles. The summed E-state index contributed by atoms with van der Waals surface area (Å²) in [6, 6.07) is 8.35. The Morgan fingerprint density at radius 3 is 2.68 bits per heavy atom. The van der Waals surface area contributed by atoms with Gasteiger partial charge in [-0.2, -0.15) is 0 Å². The Labute approximate surface area is 126 Å². The minimum absolute atomic E-state index is 0. The summed E-state index contributed by atoms with van der Waals surface area (Å²) >= 11 is 1.62. The molecule has 1 amide bonds. The van der Waals surface area contributed by atoms with Gasteiger partial charge >= 0.3 is 0 Å². The van der Waals surface area contributed by atoms with Crippen LogP contribution in [-0.4, -0.2) is 23.7 Å². The molecule has 1 rings (SSSR count). The van der Waals surface area contributed by atoms with Crippen molar-refractivity contribution in [1.82, 2.24) is 5.32 Å². The monoisotopic (exact) mass is 302 g/mol. The molecule has 0 spiro atoms. The van der Waals surface area contributed by atoms with Gasteiger partial charge in [0.15, 0.2) is 0 Å². The number of benzene rings is 1. The second-order valence-electron chi connectivity index (χ2n) is 5.25. The lowest BCUT2D eigenvalue weighted by Crippen LogP contribution is -2.45. The topological polar surface area (TPSA) is 55.1 Å². The standard InChI is InChI=1S/C14H22N2OS.ClH/c1-11-5-4-6-12(7-11)8-18-9-13(17)16-10-14(2,3)15;/h4-7H,8-10,15H2,1-3H3,(H,16,17);1H. The smallest absolute Gasteiger partial charge is 0.230 e. The number of amides is 1.